The molecule has 114 valence electrons. The summed E-state index contributed by atoms with van der Waals surface area (Å²) in [7, 11) is 0. The minimum atomic E-state index is -0.961. The molecule has 1 heterocycles. The molecule has 0 fully saturated rings. The van der Waals surface area contributed by atoms with Crippen LogP contribution < -0.4 is 11.1 Å². The van der Waals surface area contributed by atoms with Gasteiger partial charge in [-0.15, -0.1) is 23.7 Å². The summed E-state index contributed by atoms with van der Waals surface area (Å²) in [5.41, 5.74) is 5.34. The van der Waals surface area contributed by atoms with E-state index in [1.54, 1.807) is 38.2 Å². The van der Waals surface area contributed by atoms with Crippen LogP contribution in [0.4, 0.5) is 9.52 Å². The first kappa shape index (κ1) is 17.6. The highest BCUT2D eigenvalue weighted by Crippen LogP contribution is 2.22. The van der Waals surface area contributed by atoms with Crippen LogP contribution in [0.3, 0.4) is 0 Å². The molecule has 0 unspecified atom stereocenters. The van der Waals surface area contributed by atoms with Crippen LogP contribution in [0, 0.1) is 5.82 Å². The lowest BCUT2D eigenvalue weighted by Crippen LogP contribution is -2.45. The zero-order chi connectivity index (χ0) is 14.8. The molecule has 0 aliphatic carbocycles. The summed E-state index contributed by atoms with van der Waals surface area (Å²) < 4.78 is 13.5. The number of halogens is 2. The number of thiazole rings is 1. The van der Waals surface area contributed by atoms with Crippen molar-refractivity contribution in [2.24, 2.45) is 5.73 Å². The number of hydrogen-bond acceptors (Lipinski definition) is 4. The van der Waals surface area contributed by atoms with E-state index in [9.17, 15) is 9.18 Å². The molecule has 2 aromatic rings. The molecule has 0 radical (unpaired) electrons. The normalized spacial score (nSPS) is 10.9. The molecule has 0 spiro atoms. The fraction of sp³-hybridized carbons (Fsp3) is 0.286. The van der Waals surface area contributed by atoms with E-state index >= 15 is 0 Å². The molecule has 1 amide bonds. The number of nitrogens with zero attached hydrogens (tertiary/aromatic N) is 1. The maximum Gasteiger partial charge on any atom is 0.245 e. The molecule has 1 aromatic carbocycles. The van der Waals surface area contributed by atoms with E-state index < -0.39 is 5.54 Å². The van der Waals surface area contributed by atoms with Gasteiger partial charge in [0.05, 0.1) is 5.54 Å². The Labute approximate surface area is 133 Å². The van der Waals surface area contributed by atoms with Crippen molar-refractivity contribution < 1.29 is 9.18 Å². The zero-order valence-electron chi connectivity index (χ0n) is 11.7. The van der Waals surface area contributed by atoms with Gasteiger partial charge >= 0.3 is 0 Å². The zero-order valence-corrected chi connectivity index (χ0v) is 13.4. The van der Waals surface area contributed by atoms with Crippen molar-refractivity contribution in [3.05, 3.63) is 46.7 Å². The van der Waals surface area contributed by atoms with Gasteiger partial charge in [-0.25, -0.2) is 9.37 Å². The van der Waals surface area contributed by atoms with Gasteiger partial charge in [-0.05, 0) is 25.5 Å². The minimum absolute atomic E-state index is 0. The van der Waals surface area contributed by atoms with Gasteiger partial charge in [-0.1, -0.05) is 18.2 Å². The van der Waals surface area contributed by atoms with Crippen molar-refractivity contribution in [3.63, 3.8) is 0 Å². The molecule has 1 aromatic heterocycles. The Kier molecular flexibility index (Phi) is 5.83. The molecule has 0 bridgehead atoms. The number of anilines is 1. The van der Waals surface area contributed by atoms with Gasteiger partial charge in [0.2, 0.25) is 5.91 Å². The topological polar surface area (TPSA) is 68.0 Å². The fourth-order valence-electron chi connectivity index (χ4n) is 1.53. The van der Waals surface area contributed by atoms with E-state index in [0.717, 1.165) is 4.88 Å². The Morgan fingerprint density at radius 1 is 1.43 bits per heavy atom. The summed E-state index contributed by atoms with van der Waals surface area (Å²) in [5.74, 6) is -0.543. The first-order valence-corrected chi connectivity index (χ1v) is 6.96. The Morgan fingerprint density at radius 2 is 2.10 bits per heavy atom. The van der Waals surface area contributed by atoms with Gasteiger partial charge in [0, 0.05) is 17.5 Å². The van der Waals surface area contributed by atoms with Crippen LogP contribution in [0.1, 0.15) is 24.3 Å². The first-order valence-electron chi connectivity index (χ1n) is 6.14. The number of hydrogen-bond donors (Lipinski definition) is 2. The maximum atomic E-state index is 13.5. The quantitative estimate of drug-likeness (QED) is 0.906. The number of carbonyl (C=O) groups excluding carboxylic acids is 1. The summed E-state index contributed by atoms with van der Waals surface area (Å²) in [6.07, 6.45) is 2.09. The standard InChI is InChI=1S/C14H16FN3OS.ClH/c1-14(2,16)12(19)18-13-17-8-10(20-13)7-9-5-3-4-6-11(9)15;/h3-6,8H,7,16H2,1-2H3,(H,17,18,19);1H. The Bertz CT molecular complexity index is 625. The first-order chi connectivity index (χ1) is 9.36. The molecule has 2 rings (SSSR count). The average molecular weight is 330 g/mol. The fourth-order valence-corrected chi connectivity index (χ4v) is 2.37. The van der Waals surface area contributed by atoms with E-state index in [1.165, 1.54) is 17.4 Å². The van der Waals surface area contributed by atoms with Gasteiger partial charge in [0.15, 0.2) is 5.13 Å². The van der Waals surface area contributed by atoms with Crippen LogP contribution in [0.15, 0.2) is 30.5 Å². The van der Waals surface area contributed by atoms with E-state index in [2.05, 4.69) is 10.3 Å². The lowest BCUT2D eigenvalue weighted by atomic mass is 10.1. The summed E-state index contributed by atoms with van der Waals surface area (Å²) in [6.45, 7) is 3.24. The highest BCUT2D eigenvalue weighted by Gasteiger charge is 2.22. The Balaban J connectivity index is 0.00000220. The maximum absolute atomic E-state index is 13.5. The van der Waals surface area contributed by atoms with E-state index in [1.807, 2.05) is 0 Å². The summed E-state index contributed by atoms with van der Waals surface area (Å²) in [5, 5.41) is 3.12. The largest absolute Gasteiger partial charge is 0.318 e. The smallest absolute Gasteiger partial charge is 0.245 e. The minimum Gasteiger partial charge on any atom is -0.318 e. The number of nitrogens with one attached hydrogen (secondary N) is 1. The highest BCUT2D eigenvalue weighted by molar-refractivity contribution is 7.15. The molecule has 4 nitrogen and oxygen atoms in total. The molecular weight excluding hydrogens is 313 g/mol. The third kappa shape index (κ3) is 4.77. The summed E-state index contributed by atoms with van der Waals surface area (Å²) in [4.78, 5) is 16.7. The van der Waals surface area contributed by atoms with Crippen LogP contribution in [0.2, 0.25) is 0 Å². The summed E-state index contributed by atoms with van der Waals surface area (Å²) >= 11 is 1.32. The van der Waals surface area contributed by atoms with Gasteiger partial charge in [0.25, 0.3) is 0 Å². The van der Waals surface area contributed by atoms with Gasteiger partial charge < -0.3 is 11.1 Å². The van der Waals surface area contributed by atoms with Crippen molar-refractivity contribution in [2.75, 3.05) is 5.32 Å². The average Bonchev–Trinajstić information content (AvgIpc) is 2.78. The monoisotopic (exact) mass is 329 g/mol. The second kappa shape index (κ2) is 6.98. The van der Waals surface area contributed by atoms with Crippen LogP contribution in [0.5, 0.6) is 0 Å². The Hall–Kier alpha value is -1.50. The van der Waals surface area contributed by atoms with Crippen molar-refractivity contribution in [1.82, 2.24) is 4.98 Å². The number of carbonyl (C=O) groups is 1. The predicted octanol–water partition coefficient (Wildman–Crippen LogP) is 2.97. The lowest BCUT2D eigenvalue weighted by molar-refractivity contribution is -0.120. The van der Waals surface area contributed by atoms with Crippen molar-refractivity contribution in [1.29, 1.82) is 0 Å². The molecule has 21 heavy (non-hydrogen) atoms. The van der Waals surface area contributed by atoms with Gasteiger partial charge in [0.1, 0.15) is 5.82 Å². The van der Waals surface area contributed by atoms with Crippen molar-refractivity contribution >= 4 is 34.8 Å². The molecule has 0 saturated carbocycles. The lowest BCUT2D eigenvalue weighted by Gasteiger charge is -2.16. The molecule has 0 aliphatic rings. The number of amides is 1. The van der Waals surface area contributed by atoms with Crippen molar-refractivity contribution in [3.8, 4) is 0 Å². The molecule has 0 saturated heterocycles. The highest BCUT2D eigenvalue weighted by atomic mass is 35.5. The van der Waals surface area contributed by atoms with Gasteiger partial charge in [-0.3, -0.25) is 4.79 Å². The SMILES string of the molecule is CC(C)(N)C(=O)Nc1ncc(Cc2ccccc2F)s1.Cl. The van der Waals surface area contributed by atoms with E-state index in [4.69, 9.17) is 5.73 Å². The second-order valence-corrected chi connectivity index (χ2v) is 6.19. The third-order valence-electron chi connectivity index (χ3n) is 2.68. The van der Waals surface area contributed by atoms with Crippen LogP contribution in [-0.2, 0) is 11.2 Å². The van der Waals surface area contributed by atoms with Crippen LogP contribution >= 0.6 is 23.7 Å². The van der Waals surface area contributed by atoms with E-state index in [-0.39, 0.29) is 24.1 Å². The number of rotatable bonds is 4. The molecule has 3 N–H and O–H groups in total. The molecule has 0 atom stereocenters. The van der Waals surface area contributed by atoms with Gasteiger partial charge in [-0.2, -0.15) is 0 Å². The molecular formula is C14H17ClFN3OS. The Morgan fingerprint density at radius 3 is 2.71 bits per heavy atom. The van der Waals surface area contributed by atoms with E-state index in [0.29, 0.717) is 17.1 Å². The van der Waals surface area contributed by atoms with Crippen LogP contribution in [0.25, 0.3) is 0 Å². The second-order valence-electron chi connectivity index (χ2n) is 5.08. The number of benzene rings is 1. The molecule has 0 aliphatic heterocycles. The number of nitrogens with two attached hydrogens (primary N) is 1. The van der Waals surface area contributed by atoms with Crippen LogP contribution in [-0.4, -0.2) is 16.4 Å². The number of aromatic nitrogens is 1. The summed E-state index contributed by atoms with van der Waals surface area (Å²) in [6, 6.07) is 6.60. The molecule has 7 heteroatoms. The third-order valence-corrected chi connectivity index (χ3v) is 3.59. The van der Waals surface area contributed by atoms with Crippen molar-refractivity contribution in [2.45, 2.75) is 25.8 Å². The predicted molar refractivity (Wildman–Crippen MR) is 85.5 cm³/mol.